The van der Waals surface area contributed by atoms with Crippen LogP contribution < -0.4 is 5.73 Å². The fourth-order valence-corrected chi connectivity index (χ4v) is 3.23. The molecule has 0 aromatic heterocycles. The molecule has 1 heteroatoms. The van der Waals surface area contributed by atoms with E-state index in [-0.39, 0.29) is 0 Å². The van der Waals surface area contributed by atoms with E-state index in [1.807, 2.05) is 0 Å². The molecule has 1 atom stereocenters. The number of unbranched alkanes of at least 4 members (excludes halogenated alkanes) is 14. The van der Waals surface area contributed by atoms with Gasteiger partial charge in [-0.3, -0.25) is 0 Å². The van der Waals surface area contributed by atoms with E-state index in [1.165, 1.54) is 116 Å². The SMILES string of the molecule is CCCCCCCCCCCCCCCC(N)CCCCC. The highest BCUT2D eigenvalue weighted by molar-refractivity contribution is 4.61. The van der Waals surface area contributed by atoms with Crippen molar-refractivity contribution in [3.8, 4) is 0 Å². The van der Waals surface area contributed by atoms with Crippen molar-refractivity contribution in [3.63, 3.8) is 0 Å². The van der Waals surface area contributed by atoms with Gasteiger partial charge in [-0.2, -0.15) is 0 Å². The second-order valence-corrected chi connectivity index (χ2v) is 7.29. The Labute approximate surface area is 141 Å². The molecule has 0 rings (SSSR count). The molecule has 0 heterocycles. The first-order valence-electron chi connectivity index (χ1n) is 10.6. The smallest absolute Gasteiger partial charge is 0.00388 e. The summed E-state index contributed by atoms with van der Waals surface area (Å²) in [4.78, 5) is 0. The molecular weight excluding hydrogens is 266 g/mol. The maximum atomic E-state index is 6.15. The molecule has 0 amide bonds. The fraction of sp³-hybridized carbons (Fsp3) is 1.00. The normalized spacial score (nSPS) is 12.7. The summed E-state index contributed by atoms with van der Waals surface area (Å²) in [5, 5.41) is 0. The zero-order valence-electron chi connectivity index (χ0n) is 15.9. The largest absolute Gasteiger partial charge is 0.328 e. The molecule has 134 valence electrons. The molecule has 0 radical (unpaired) electrons. The van der Waals surface area contributed by atoms with Crippen LogP contribution in [0.2, 0.25) is 0 Å². The first-order valence-corrected chi connectivity index (χ1v) is 10.6. The van der Waals surface area contributed by atoms with Gasteiger partial charge in [0.25, 0.3) is 0 Å². The molecule has 1 nitrogen and oxygen atoms in total. The quantitative estimate of drug-likeness (QED) is 0.263. The van der Waals surface area contributed by atoms with Crippen molar-refractivity contribution in [2.24, 2.45) is 5.73 Å². The van der Waals surface area contributed by atoms with Gasteiger partial charge in [0.1, 0.15) is 0 Å². The molecule has 0 aliphatic rings. The van der Waals surface area contributed by atoms with Crippen LogP contribution in [0.4, 0.5) is 0 Å². The molecule has 0 aromatic carbocycles. The predicted octanol–water partition coefficient (Wildman–Crippen LogP) is 7.38. The third-order valence-electron chi connectivity index (χ3n) is 4.86. The molecule has 0 aliphatic carbocycles. The van der Waals surface area contributed by atoms with Crippen LogP contribution in [0.1, 0.15) is 129 Å². The van der Waals surface area contributed by atoms with Gasteiger partial charge in [0.05, 0.1) is 0 Å². The van der Waals surface area contributed by atoms with Gasteiger partial charge in [-0.15, -0.1) is 0 Å². The van der Waals surface area contributed by atoms with Gasteiger partial charge in [0.15, 0.2) is 0 Å². The van der Waals surface area contributed by atoms with Crippen LogP contribution in [-0.2, 0) is 0 Å². The summed E-state index contributed by atoms with van der Waals surface area (Å²) < 4.78 is 0. The van der Waals surface area contributed by atoms with Crippen molar-refractivity contribution in [3.05, 3.63) is 0 Å². The summed E-state index contributed by atoms with van der Waals surface area (Å²) in [6.07, 6.45) is 25.2. The van der Waals surface area contributed by atoms with E-state index in [2.05, 4.69) is 13.8 Å². The van der Waals surface area contributed by atoms with E-state index in [9.17, 15) is 0 Å². The standard InChI is InChI=1S/C21H45N/c1-3-5-7-8-9-10-11-12-13-14-15-16-18-20-21(22)19-17-6-4-2/h21H,3-20,22H2,1-2H3. The van der Waals surface area contributed by atoms with E-state index in [1.54, 1.807) is 0 Å². The lowest BCUT2D eigenvalue weighted by Crippen LogP contribution is -2.19. The van der Waals surface area contributed by atoms with Gasteiger partial charge < -0.3 is 5.73 Å². The van der Waals surface area contributed by atoms with Crippen LogP contribution in [-0.4, -0.2) is 6.04 Å². The maximum Gasteiger partial charge on any atom is 0.00388 e. The Morgan fingerprint density at radius 3 is 1.14 bits per heavy atom. The summed E-state index contributed by atoms with van der Waals surface area (Å²) in [5.74, 6) is 0. The highest BCUT2D eigenvalue weighted by Crippen LogP contribution is 2.14. The minimum absolute atomic E-state index is 0.472. The van der Waals surface area contributed by atoms with Crippen molar-refractivity contribution in [1.82, 2.24) is 0 Å². The lowest BCUT2D eigenvalue weighted by atomic mass is 10.0. The molecule has 0 saturated carbocycles. The Balaban J connectivity index is 3.05. The Kier molecular flexibility index (Phi) is 19.0. The van der Waals surface area contributed by atoms with E-state index in [0.29, 0.717) is 6.04 Å². The van der Waals surface area contributed by atoms with E-state index < -0.39 is 0 Å². The molecule has 2 N–H and O–H groups in total. The molecule has 22 heavy (non-hydrogen) atoms. The minimum Gasteiger partial charge on any atom is -0.328 e. The van der Waals surface area contributed by atoms with Gasteiger partial charge >= 0.3 is 0 Å². The monoisotopic (exact) mass is 311 g/mol. The molecule has 0 bridgehead atoms. The summed E-state index contributed by atoms with van der Waals surface area (Å²) in [6.45, 7) is 4.55. The Hall–Kier alpha value is -0.0400. The molecule has 0 saturated heterocycles. The predicted molar refractivity (Wildman–Crippen MR) is 102 cm³/mol. The summed E-state index contributed by atoms with van der Waals surface area (Å²) >= 11 is 0. The molecular formula is C21H45N. The van der Waals surface area contributed by atoms with Gasteiger partial charge in [-0.25, -0.2) is 0 Å². The Morgan fingerprint density at radius 1 is 0.455 bits per heavy atom. The molecule has 1 unspecified atom stereocenters. The average Bonchev–Trinajstić information content (AvgIpc) is 2.52. The molecule has 0 aromatic rings. The summed E-state index contributed by atoms with van der Waals surface area (Å²) in [7, 11) is 0. The van der Waals surface area contributed by atoms with Gasteiger partial charge in [0.2, 0.25) is 0 Å². The number of nitrogens with two attached hydrogens (primary N) is 1. The van der Waals surface area contributed by atoms with Crippen molar-refractivity contribution < 1.29 is 0 Å². The van der Waals surface area contributed by atoms with Crippen LogP contribution in [0.3, 0.4) is 0 Å². The lowest BCUT2D eigenvalue weighted by Gasteiger charge is -2.10. The molecule has 0 aliphatic heterocycles. The topological polar surface area (TPSA) is 26.0 Å². The lowest BCUT2D eigenvalue weighted by molar-refractivity contribution is 0.487. The Morgan fingerprint density at radius 2 is 0.727 bits per heavy atom. The molecule has 0 spiro atoms. The van der Waals surface area contributed by atoms with Crippen LogP contribution in [0, 0.1) is 0 Å². The first kappa shape index (κ1) is 22.0. The third-order valence-corrected chi connectivity index (χ3v) is 4.86. The highest BCUT2D eigenvalue weighted by atomic mass is 14.6. The van der Waals surface area contributed by atoms with E-state index in [4.69, 9.17) is 5.73 Å². The zero-order valence-corrected chi connectivity index (χ0v) is 15.9. The van der Waals surface area contributed by atoms with Crippen LogP contribution in [0.15, 0.2) is 0 Å². The van der Waals surface area contributed by atoms with Crippen molar-refractivity contribution in [1.29, 1.82) is 0 Å². The van der Waals surface area contributed by atoms with E-state index >= 15 is 0 Å². The van der Waals surface area contributed by atoms with Crippen LogP contribution in [0.25, 0.3) is 0 Å². The first-order chi connectivity index (χ1) is 10.8. The third kappa shape index (κ3) is 18.0. The zero-order chi connectivity index (χ0) is 16.3. The van der Waals surface area contributed by atoms with E-state index in [0.717, 1.165) is 0 Å². The van der Waals surface area contributed by atoms with Gasteiger partial charge in [-0.1, -0.05) is 117 Å². The van der Waals surface area contributed by atoms with Crippen molar-refractivity contribution in [2.75, 3.05) is 0 Å². The number of hydrogen-bond donors (Lipinski definition) is 1. The average molecular weight is 312 g/mol. The second-order valence-electron chi connectivity index (χ2n) is 7.29. The van der Waals surface area contributed by atoms with Crippen LogP contribution in [0.5, 0.6) is 0 Å². The fourth-order valence-electron chi connectivity index (χ4n) is 3.23. The Bertz CT molecular complexity index is 190. The summed E-state index contributed by atoms with van der Waals surface area (Å²) in [6, 6.07) is 0.472. The summed E-state index contributed by atoms with van der Waals surface area (Å²) in [5.41, 5.74) is 6.15. The maximum absolute atomic E-state index is 6.15. The van der Waals surface area contributed by atoms with Crippen LogP contribution >= 0.6 is 0 Å². The van der Waals surface area contributed by atoms with Crippen molar-refractivity contribution >= 4 is 0 Å². The van der Waals surface area contributed by atoms with Gasteiger partial charge in [0, 0.05) is 6.04 Å². The van der Waals surface area contributed by atoms with Gasteiger partial charge in [-0.05, 0) is 12.8 Å². The number of rotatable bonds is 18. The van der Waals surface area contributed by atoms with Crippen molar-refractivity contribution in [2.45, 2.75) is 135 Å². The highest BCUT2D eigenvalue weighted by Gasteiger charge is 2.01. The minimum atomic E-state index is 0.472. The second kappa shape index (κ2) is 19.0. The number of hydrogen-bond acceptors (Lipinski definition) is 1. The molecule has 0 fully saturated rings.